The van der Waals surface area contributed by atoms with Crippen molar-refractivity contribution in [3.05, 3.63) is 24.2 Å². The Morgan fingerprint density at radius 2 is 2.36 bits per heavy atom. The molecule has 2 N–H and O–H groups in total. The van der Waals surface area contributed by atoms with Gasteiger partial charge in [0.1, 0.15) is 11.9 Å². The molecule has 1 aromatic rings. The standard InChI is InChI=1S/C16H24N2O4/c1-2-5-15(20)18-8-3-6-12(11-18)16(21)17-10-13(19)14-7-4-9-22-14/h4,7,9,12-13,19H,2-3,5-6,8,10-11H2,1H3,(H,17,21). The molecule has 6 nitrogen and oxygen atoms in total. The van der Waals surface area contributed by atoms with Crippen molar-refractivity contribution < 1.29 is 19.1 Å². The van der Waals surface area contributed by atoms with E-state index in [4.69, 9.17) is 4.42 Å². The quantitative estimate of drug-likeness (QED) is 0.833. The van der Waals surface area contributed by atoms with Gasteiger partial charge in [-0.05, 0) is 31.4 Å². The van der Waals surface area contributed by atoms with E-state index >= 15 is 0 Å². The maximum atomic E-state index is 12.2. The molecule has 22 heavy (non-hydrogen) atoms. The summed E-state index contributed by atoms with van der Waals surface area (Å²) in [7, 11) is 0. The van der Waals surface area contributed by atoms with E-state index in [-0.39, 0.29) is 24.3 Å². The molecule has 122 valence electrons. The Hall–Kier alpha value is -1.82. The second-order valence-electron chi connectivity index (χ2n) is 5.71. The number of likely N-dealkylation sites (tertiary alicyclic amines) is 1. The van der Waals surface area contributed by atoms with Crippen LogP contribution in [0.1, 0.15) is 44.5 Å². The fraction of sp³-hybridized carbons (Fsp3) is 0.625. The van der Waals surface area contributed by atoms with Crippen LogP contribution in [-0.4, -0.2) is 41.5 Å². The molecule has 1 aliphatic heterocycles. The SMILES string of the molecule is CCCC(=O)N1CCCC(C(=O)NCC(O)c2ccco2)C1. The minimum atomic E-state index is -0.847. The molecule has 6 heteroatoms. The Bertz CT molecular complexity index is 486. The van der Waals surface area contributed by atoms with Crippen molar-refractivity contribution in [2.24, 2.45) is 5.92 Å². The number of piperidine rings is 1. The van der Waals surface area contributed by atoms with Gasteiger partial charge in [0.25, 0.3) is 0 Å². The molecular formula is C16H24N2O4. The first-order valence-electron chi connectivity index (χ1n) is 7.88. The second kappa shape index (κ2) is 7.98. The molecule has 1 aromatic heterocycles. The van der Waals surface area contributed by atoms with Crippen LogP contribution in [0.15, 0.2) is 22.8 Å². The predicted molar refractivity (Wildman–Crippen MR) is 80.9 cm³/mol. The summed E-state index contributed by atoms with van der Waals surface area (Å²) in [5.74, 6) is 0.247. The summed E-state index contributed by atoms with van der Waals surface area (Å²) < 4.78 is 5.09. The van der Waals surface area contributed by atoms with Gasteiger partial charge in [-0.25, -0.2) is 0 Å². The van der Waals surface area contributed by atoms with Crippen molar-refractivity contribution in [3.63, 3.8) is 0 Å². The molecule has 0 spiro atoms. The fourth-order valence-corrected chi connectivity index (χ4v) is 2.71. The lowest BCUT2D eigenvalue weighted by Gasteiger charge is -2.32. The van der Waals surface area contributed by atoms with Gasteiger partial charge >= 0.3 is 0 Å². The molecule has 1 aliphatic rings. The number of aliphatic hydroxyl groups excluding tert-OH is 1. The molecule has 0 aromatic carbocycles. The highest BCUT2D eigenvalue weighted by Gasteiger charge is 2.28. The molecule has 2 unspecified atom stereocenters. The van der Waals surface area contributed by atoms with Crippen molar-refractivity contribution in [1.29, 1.82) is 0 Å². The molecule has 2 rings (SSSR count). The van der Waals surface area contributed by atoms with Gasteiger partial charge in [-0.1, -0.05) is 6.92 Å². The van der Waals surface area contributed by atoms with Gasteiger partial charge < -0.3 is 19.7 Å². The summed E-state index contributed by atoms with van der Waals surface area (Å²) in [6.07, 6.45) is 3.61. The highest BCUT2D eigenvalue weighted by Crippen LogP contribution is 2.18. The number of furan rings is 1. The minimum Gasteiger partial charge on any atom is -0.467 e. The zero-order chi connectivity index (χ0) is 15.9. The van der Waals surface area contributed by atoms with Crippen molar-refractivity contribution in [1.82, 2.24) is 10.2 Å². The lowest BCUT2D eigenvalue weighted by molar-refractivity contribution is -0.135. The third-order valence-electron chi connectivity index (χ3n) is 3.95. The van der Waals surface area contributed by atoms with Gasteiger partial charge in [-0.3, -0.25) is 9.59 Å². The topological polar surface area (TPSA) is 82.8 Å². The molecule has 0 bridgehead atoms. The summed E-state index contributed by atoms with van der Waals surface area (Å²) in [4.78, 5) is 25.9. The van der Waals surface area contributed by atoms with Crippen LogP contribution in [-0.2, 0) is 9.59 Å². The highest BCUT2D eigenvalue weighted by atomic mass is 16.4. The lowest BCUT2D eigenvalue weighted by atomic mass is 9.96. The summed E-state index contributed by atoms with van der Waals surface area (Å²) in [6.45, 7) is 3.30. The second-order valence-corrected chi connectivity index (χ2v) is 5.71. The maximum absolute atomic E-state index is 12.2. The van der Waals surface area contributed by atoms with Crippen molar-refractivity contribution >= 4 is 11.8 Å². The van der Waals surface area contributed by atoms with E-state index in [0.29, 0.717) is 18.7 Å². The van der Waals surface area contributed by atoms with E-state index < -0.39 is 6.10 Å². The van der Waals surface area contributed by atoms with E-state index in [1.54, 1.807) is 17.0 Å². The zero-order valence-corrected chi connectivity index (χ0v) is 13.0. The van der Waals surface area contributed by atoms with Crippen molar-refractivity contribution in [2.75, 3.05) is 19.6 Å². The Labute approximate surface area is 130 Å². The van der Waals surface area contributed by atoms with Gasteiger partial charge in [0, 0.05) is 19.5 Å². The molecule has 1 fully saturated rings. The smallest absolute Gasteiger partial charge is 0.225 e. The molecule has 0 aliphatic carbocycles. The van der Waals surface area contributed by atoms with E-state index in [1.807, 2.05) is 6.92 Å². The normalized spacial score (nSPS) is 19.7. The highest BCUT2D eigenvalue weighted by molar-refractivity contribution is 5.81. The fourth-order valence-electron chi connectivity index (χ4n) is 2.71. The van der Waals surface area contributed by atoms with Gasteiger partial charge in [0.15, 0.2) is 0 Å². The summed E-state index contributed by atoms with van der Waals surface area (Å²) in [5.41, 5.74) is 0. The maximum Gasteiger partial charge on any atom is 0.225 e. The van der Waals surface area contributed by atoms with Crippen LogP contribution >= 0.6 is 0 Å². The average Bonchev–Trinajstić information content (AvgIpc) is 3.07. The summed E-state index contributed by atoms with van der Waals surface area (Å²) in [5, 5.41) is 12.6. The molecule has 0 radical (unpaired) electrons. The first kappa shape index (κ1) is 16.5. The van der Waals surface area contributed by atoms with Gasteiger partial charge in [0.05, 0.1) is 18.7 Å². The first-order chi connectivity index (χ1) is 10.6. The van der Waals surface area contributed by atoms with Gasteiger partial charge in [-0.2, -0.15) is 0 Å². The van der Waals surface area contributed by atoms with E-state index in [9.17, 15) is 14.7 Å². The Morgan fingerprint density at radius 3 is 3.05 bits per heavy atom. The largest absolute Gasteiger partial charge is 0.467 e. The van der Waals surface area contributed by atoms with Crippen LogP contribution in [0.5, 0.6) is 0 Å². The van der Waals surface area contributed by atoms with Crippen molar-refractivity contribution in [2.45, 2.75) is 38.7 Å². The molecule has 2 heterocycles. The number of nitrogens with one attached hydrogen (secondary N) is 1. The number of hydrogen-bond donors (Lipinski definition) is 2. The lowest BCUT2D eigenvalue weighted by Crippen LogP contribution is -2.46. The zero-order valence-electron chi connectivity index (χ0n) is 13.0. The van der Waals surface area contributed by atoms with Crippen LogP contribution in [0.3, 0.4) is 0 Å². The number of carbonyl (C=O) groups is 2. The monoisotopic (exact) mass is 308 g/mol. The average molecular weight is 308 g/mol. The number of nitrogens with zero attached hydrogens (tertiary/aromatic N) is 1. The van der Waals surface area contributed by atoms with Crippen molar-refractivity contribution in [3.8, 4) is 0 Å². The van der Waals surface area contributed by atoms with Gasteiger partial charge in [0.2, 0.25) is 11.8 Å². The predicted octanol–water partition coefficient (Wildman–Crippen LogP) is 1.47. The van der Waals surface area contributed by atoms with Crippen LogP contribution in [0.25, 0.3) is 0 Å². The van der Waals surface area contributed by atoms with E-state index in [0.717, 1.165) is 25.8 Å². The summed E-state index contributed by atoms with van der Waals surface area (Å²) >= 11 is 0. The van der Waals surface area contributed by atoms with E-state index in [1.165, 1.54) is 6.26 Å². The molecule has 0 saturated carbocycles. The Morgan fingerprint density at radius 1 is 1.55 bits per heavy atom. The Kier molecular flexibility index (Phi) is 6.00. The van der Waals surface area contributed by atoms with Crippen LogP contribution in [0.4, 0.5) is 0 Å². The van der Waals surface area contributed by atoms with Crippen LogP contribution in [0.2, 0.25) is 0 Å². The molecule has 1 saturated heterocycles. The van der Waals surface area contributed by atoms with E-state index in [2.05, 4.69) is 5.32 Å². The third kappa shape index (κ3) is 4.34. The minimum absolute atomic E-state index is 0.111. The Balaban J connectivity index is 1.80. The molecule has 2 atom stereocenters. The van der Waals surface area contributed by atoms with Gasteiger partial charge in [-0.15, -0.1) is 0 Å². The molecular weight excluding hydrogens is 284 g/mol. The van der Waals surface area contributed by atoms with Crippen LogP contribution < -0.4 is 5.32 Å². The summed E-state index contributed by atoms with van der Waals surface area (Å²) in [6, 6.07) is 3.36. The number of carbonyl (C=O) groups excluding carboxylic acids is 2. The number of hydrogen-bond acceptors (Lipinski definition) is 4. The third-order valence-corrected chi connectivity index (χ3v) is 3.95. The number of aliphatic hydroxyl groups is 1. The number of amides is 2. The molecule has 2 amide bonds. The first-order valence-corrected chi connectivity index (χ1v) is 7.88. The number of rotatable bonds is 6. The van der Waals surface area contributed by atoms with Crippen LogP contribution in [0, 0.1) is 5.92 Å².